The second-order valence-electron chi connectivity index (χ2n) is 4.97. The zero-order chi connectivity index (χ0) is 12.3. The second-order valence-corrected chi connectivity index (χ2v) is 4.97. The molecule has 2 rings (SSSR count). The van der Waals surface area contributed by atoms with Crippen molar-refractivity contribution in [3.63, 3.8) is 0 Å². The van der Waals surface area contributed by atoms with Crippen molar-refractivity contribution in [2.45, 2.75) is 38.5 Å². The number of carbonyl (C=O) groups is 1. The molecule has 1 heterocycles. The van der Waals surface area contributed by atoms with E-state index < -0.39 is 0 Å². The number of hydrogen-bond acceptors (Lipinski definition) is 2. The van der Waals surface area contributed by atoms with E-state index in [9.17, 15) is 4.79 Å². The summed E-state index contributed by atoms with van der Waals surface area (Å²) in [6, 6.07) is 8.49. The Morgan fingerprint density at radius 1 is 1.24 bits per heavy atom. The summed E-state index contributed by atoms with van der Waals surface area (Å²) in [7, 11) is 0. The lowest BCUT2D eigenvalue weighted by molar-refractivity contribution is -0.125. The highest BCUT2D eigenvalue weighted by molar-refractivity contribution is 5.90. The van der Waals surface area contributed by atoms with Gasteiger partial charge < -0.3 is 5.32 Å². The summed E-state index contributed by atoms with van der Waals surface area (Å²) in [5.41, 5.74) is 2.23. The number of piperidine rings is 1. The molecule has 1 aliphatic rings. The number of aryl methyl sites for hydroxylation is 1. The lowest BCUT2D eigenvalue weighted by Crippen LogP contribution is -2.45. The SMILES string of the molecule is CCC(=O)C1(c2ccc(C)cc2)CCNCC1. The number of hydrogen-bond donors (Lipinski definition) is 1. The van der Waals surface area contributed by atoms with Gasteiger partial charge in [-0.05, 0) is 38.4 Å². The summed E-state index contributed by atoms with van der Waals surface area (Å²) in [5, 5.41) is 3.35. The molecule has 0 aromatic heterocycles. The van der Waals surface area contributed by atoms with Crippen molar-refractivity contribution < 1.29 is 4.79 Å². The van der Waals surface area contributed by atoms with Crippen LogP contribution in [0.2, 0.25) is 0 Å². The van der Waals surface area contributed by atoms with E-state index in [0.717, 1.165) is 25.9 Å². The highest BCUT2D eigenvalue weighted by Gasteiger charge is 2.39. The van der Waals surface area contributed by atoms with Crippen molar-refractivity contribution in [2.24, 2.45) is 0 Å². The first-order valence-corrected chi connectivity index (χ1v) is 6.50. The number of rotatable bonds is 3. The Morgan fingerprint density at radius 3 is 2.35 bits per heavy atom. The van der Waals surface area contributed by atoms with E-state index in [4.69, 9.17) is 0 Å². The lowest BCUT2D eigenvalue weighted by Gasteiger charge is -2.36. The van der Waals surface area contributed by atoms with Crippen molar-refractivity contribution in [2.75, 3.05) is 13.1 Å². The van der Waals surface area contributed by atoms with Gasteiger partial charge in [-0.3, -0.25) is 4.79 Å². The van der Waals surface area contributed by atoms with Crippen LogP contribution in [-0.2, 0) is 10.2 Å². The van der Waals surface area contributed by atoms with Crippen LogP contribution in [0.15, 0.2) is 24.3 Å². The second kappa shape index (κ2) is 5.01. The van der Waals surface area contributed by atoms with E-state index in [1.807, 2.05) is 6.92 Å². The molecule has 92 valence electrons. The Labute approximate surface area is 103 Å². The molecule has 0 saturated carbocycles. The van der Waals surface area contributed by atoms with Crippen LogP contribution < -0.4 is 5.32 Å². The fourth-order valence-electron chi connectivity index (χ4n) is 2.79. The highest BCUT2D eigenvalue weighted by atomic mass is 16.1. The van der Waals surface area contributed by atoms with E-state index in [1.165, 1.54) is 11.1 Å². The minimum Gasteiger partial charge on any atom is -0.317 e. The van der Waals surface area contributed by atoms with Crippen LogP contribution in [0.1, 0.15) is 37.3 Å². The van der Waals surface area contributed by atoms with Crippen molar-refractivity contribution in [1.29, 1.82) is 0 Å². The summed E-state index contributed by atoms with van der Waals surface area (Å²) in [6.07, 6.45) is 2.50. The van der Waals surface area contributed by atoms with Crippen LogP contribution in [0.3, 0.4) is 0 Å². The minimum absolute atomic E-state index is 0.228. The Morgan fingerprint density at radius 2 is 1.82 bits per heavy atom. The van der Waals surface area contributed by atoms with Crippen molar-refractivity contribution >= 4 is 5.78 Å². The summed E-state index contributed by atoms with van der Waals surface area (Å²) in [4.78, 5) is 12.3. The van der Waals surface area contributed by atoms with Gasteiger partial charge in [0.25, 0.3) is 0 Å². The maximum absolute atomic E-state index is 12.3. The predicted molar refractivity (Wildman–Crippen MR) is 70.3 cm³/mol. The molecule has 0 aliphatic carbocycles. The Hall–Kier alpha value is -1.15. The van der Waals surface area contributed by atoms with Gasteiger partial charge in [0.2, 0.25) is 0 Å². The van der Waals surface area contributed by atoms with Crippen molar-refractivity contribution in [1.82, 2.24) is 5.32 Å². The molecule has 0 bridgehead atoms. The molecule has 0 atom stereocenters. The molecule has 1 aliphatic heterocycles. The molecule has 1 saturated heterocycles. The highest BCUT2D eigenvalue weighted by Crippen LogP contribution is 2.35. The fourth-order valence-corrected chi connectivity index (χ4v) is 2.79. The van der Waals surface area contributed by atoms with Crippen LogP contribution >= 0.6 is 0 Å². The Bertz CT molecular complexity index is 388. The topological polar surface area (TPSA) is 29.1 Å². The number of nitrogens with one attached hydrogen (secondary N) is 1. The first kappa shape index (κ1) is 12.3. The number of ketones is 1. The van der Waals surface area contributed by atoms with Gasteiger partial charge in [0.1, 0.15) is 5.78 Å². The first-order chi connectivity index (χ1) is 8.19. The van der Waals surface area contributed by atoms with Gasteiger partial charge in [0.15, 0.2) is 0 Å². The van der Waals surface area contributed by atoms with Gasteiger partial charge in [-0.15, -0.1) is 0 Å². The molecule has 1 N–H and O–H groups in total. The van der Waals surface area contributed by atoms with Gasteiger partial charge in [0.05, 0.1) is 5.41 Å². The third-order valence-electron chi connectivity index (χ3n) is 3.92. The number of benzene rings is 1. The third-order valence-corrected chi connectivity index (χ3v) is 3.92. The maximum atomic E-state index is 12.3. The van der Waals surface area contributed by atoms with Crippen LogP contribution in [0.25, 0.3) is 0 Å². The van der Waals surface area contributed by atoms with Gasteiger partial charge in [-0.25, -0.2) is 0 Å². The Kier molecular flexibility index (Phi) is 3.63. The van der Waals surface area contributed by atoms with E-state index in [1.54, 1.807) is 0 Å². The summed E-state index contributed by atoms with van der Waals surface area (Å²) >= 11 is 0. The zero-order valence-electron chi connectivity index (χ0n) is 10.8. The fraction of sp³-hybridized carbons (Fsp3) is 0.533. The van der Waals surface area contributed by atoms with Gasteiger partial charge in [-0.1, -0.05) is 36.8 Å². The largest absolute Gasteiger partial charge is 0.317 e. The summed E-state index contributed by atoms with van der Waals surface area (Å²) < 4.78 is 0. The molecule has 17 heavy (non-hydrogen) atoms. The standard InChI is InChI=1S/C15H21NO/c1-3-14(17)15(8-10-16-11-9-15)13-6-4-12(2)5-7-13/h4-7,16H,3,8-11H2,1-2H3. The molecule has 2 nitrogen and oxygen atoms in total. The molecule has 0 unspecified atom stereocenters. The molecule has 0 amide bonds. The molecule has 1 aromatic carbocycles. The van der Waals surface area contributed by atoms with E-state index in [2.05, 4.69) is 36.5 Å². The summed E-state index contributed by atoms with van der Waals surface area (Å²) in [6.45, 7) is 5.94. The lowest BCUT2D eigenvalue weighted by atomic mass is 9.69. The van der Waals surface area contributed by atoms with Crippen LogP contribution in [0, 0.1) is 6.92 Å². The zero-order valence-corrected chi connectivity index (χ0v) is 10.8. The monoisotopic (exact) mass is 231 g/mol. The van der Waals surface area contributed by atoms with E-state index in [-0.39, 0.29) is 5.41 Å². The summed E-state index contributed by atoms with van der Waals surface area (Å²) in [5.74, 6) is 0.392. The molecular weight excluding hydrogens is 210 g/mol. The normalized spacial score (nSPS) is 18.9. The van der Waals surface area contributed by atoms with Crippen molar-refractivity contribution in [3.05, 3.63) is 35.4 Å². The minimum atomic E-state index is -0.228. The molecule has 0 spiro atoms. The Balaban J connectivity index is 2.38. The van der Waals surface area contributed by atoms with E-state index >= 15 is 0 Å². The van der Waals surface area contributed by atoms with Crippen molar-refractivity contribution in [3.8, 4) is 0 Å². The predicted octanol–water partition coefficient (Wildman–Crippen LogP) is 2.60. The average molecular weight is 231 g/mol. The molecule has 1 fully saturated rings. The van der Waals surface area contributed by atoms with Gasteiger partial charge in [0, 0.05) is 6.42 Å². The van der Waals surface area contributed by atoms with Crippen LogP contribution in [0.4, 0.5) is 0 Å². The maximum Gasteiger partial charge on any atom is 0.143 e. The molecule has 1 aromatic rings. The van der Waals surface area contributed by atoms with Crippen LogP contribution in [0.5, 0.6) is 0 Å². The van der Waals surface area contributed by atoms with E-state index in [0.29, 0.717) is 12.2 Å². The van der Waals surface area contributed by atoms with Gasteiger partial charge in [-0.2, -0.15) is 0 Å². The molecule has 2 heteroatoms. The molecular formula is C15H21NO. The van der Waals surface area contributed by atoms with Gasteiger partial charge >= 0.3 is 0 Å². The van der Waals surface area contributed by atoms with Crippen LogP contribution in [-0.4, -0.2) is 18.9 Å². The smallest absolute Gasteiger partial charge is 0.143 e. The third kappa shape index (κ3) is 2.27. The average Bonchev–Trinajstić information content (AvgIpc) is 2.39. The quantitative estimate of drug-likeness (QED) is 0.866. The number of Topliss-reactive ketones (excluding diaryl/α,β-unsaturated/α-hetero) is 1. The number of carbonyl (C=O) groups excluding carboxylic acids is 1. The molecule has 0 radical (unpaired) electrons. The first-order valence-electron chi connectivity index (χ1n) is 6.50.